The SMILES string of the molecule is Cc1cc(C)n(-c2cccc(CN(C)[C@@H]3CN(S(=O)(=O)c4ccccc4)C[C@H]3O)c2)n1. The van der Waals surface area contributed by atoms with Crippen molar-refractivity contribution >= 4 is 10.0 Å². The van der Waals surface area contributed by atoms with Gasteiger partial charge in [-0.05, 0) is 56.8 Å². The summed E-state index contributed by atoms with van der Waals surface area (Å²) in [4.78, 5) is 2.27. The summed E-state index contributed by atoms with van der Waals surface area (Å²) in [5.41, 5.74) is 4.09. The second-order valence-corrected chi connectivity index (χ2v) is 10.1. The summed E-state index contributed by atoms with van der Waals surface area (Å²) in [7, 11) is -1.70. The minimum Gasteiger partial charge on any atom is -0.390 e. The van der Waals surface area contributed by atoms with Crippen LogP contribution in [0.1, 0.15) is 17.0 Å². The van der Waals surface area contributed by atoms with E-state index in [0.29, 0.717) is 6.54 Å². The molecule has 1 N–H and O–H groups in total. The Morgan fingerprint density at radius 1 is 1.06 bits per heavy atom. The lowest BCUT2D eigenvalue weighted by molar-refractivity contribution is 0.0953. The van der Waals surface area contributed by atoms with E-state index in [9.17, 15) is 13.5 Å². The number of β-amino-alcohol motifs (C(OH)–C–C–N with tert-alkyl or cyclic N) is 1. The van der Waals surface area contributed by atoms with Crippen molar-refractivity contribution in [2.45, 2.75) is 37.4 Å². The summed E-state index contributed by atoms with van der Waals surface area (Å²) in [5, 5.41) is 15.2. The van der Waals surface area contributed by atoms with Crippen molar-refractivity contribution in [2.24, 2.45) is 0 Å². The van der Waals surface area contributed by atoms with Crippen LogP contribution in [0, 0.1) is 13.8 Å². The van der Waals surface area contributed by atoms with Crippen molar-refractivity contribution in [2.75, 3.05) is 20.1 Å². The second-order valence-electron chi connectivity index (χ2n) is 8.19. The van der Waals surface area contributed by atoms with Gasteiger partial charge in [0.2, 0.25) is 10.0 Å². The lowest BCUT2D eigenvalue weighted by Gasteiger charge is -2.26. The van der Waals surface area contributed by atoms with Crippen molar-refractivity contribution in [1.29, 1.82) is 0 Å². The van der Waals surface area contributed by atoms with Gasteiger partial charge in [0.05, 0.1) is 28.4 Å². The summed E-state index contributed by atoms with van der Waals surface area (Å²) in [6.45, 7) is 4.94. The van der Waals surface area contributed by atoms with E-state index in [2.05, 4.69) is 11.2 Å². The normalized spacial score (nSPS) is 19.9. The first-order chi connectivity index (χ1) is 14.8. The van der Waals surface area contributed by atoms with Crippen LogP contribution in [-0.2, 0) is 16.6 Å². The van der Waals surface area contributed by atoms with Crippen molar-refractivity contribution in [3.63, 3.8) is 0 Å². The first kappa shape index (κ1) is 21.7. The number of benzene rings is 2. The van der Waals surface area contributed by atoms with Crippen LogP contribution in [0.3, 0.4) is 0 Å². The fraction of sp³-hybridized carbons (Fsp3) is 0.348. The van der Waals surface area contributed by atoms with E-state index in [1.54, 1.807) is 30.3 Å². The number of aliphatic hydroxyl groups is 1. The number of rotatable bonds is 6. The van der Waals surface area contributed by atoms with Crippen LogP contribution in [0.15, 0.2) is 65.6 Å². The van der Waals surface area contributed by atoms with Gasteiger partial charge in [-0.15, -0.1) is 0 Å². The van der Waals surface area contributed by atoms with Gasteiger partial charge in [0.15, 0.2) is 0 Å². The van der Waals surface area contributed by atoms with E-state index in [-0.39, 0.29) is 24.0 Å². The molecule has 2 aromatic carbocycles. The van der Waals surface area contributed by atoms with Crippen LogP contribution < -0.4 is 0 Å². The van der Waals surface area contributed by atoms with E-state index < -0.39 is 16.1 Å². The van der Waals surface area contributed by atoms with Crippen molar-refractivity contribution in [3.05, 3.63) is 77.6 Å². The zero-order chi connectivity index (χ0) is 22.2. The molecule has 8 heteroatoms. The van der Waals surface area contributed by atoms with Crippen LogP contribution in [0.5, 0.6) is 0 Å². The average molecular weight is 441 g/mol. The van der Waals surface area contributed by atoms with Gasteiger partial charge in [0, 0.05) is 25.3 Å². The van der Waals surface area contributed by atoms with Gasteiger partial charge in [-0.2, -0.15) is 9.40 Å². The summed E-state index contributed by atoms with van der Waals surface area (Å²) >= 11 is 0. The predicted octanol–water partition coefficient (Wildman–Crippen LogP) is 2.35. The fourth-order valence-electron chi connectivity index (χ4n) is 4.19. The predicted molar refractivity (Wildman–Crippen MR) is 120 cm³/mol. The lowest BCUT2D eigenvalue weighted by atomic mass is 10.1. The van der Waals surface area contributed by atoms with E-state index in [0.717, 1.165) is 22.6 Å². The molecule has 1 aromatic heterocycles. The minimum absolute atomic E-state index is 0.0953. The van der Waals surface area contributed by atoms with Crippen LogP contribution >= 0.6 is 0 Å². The number of sulfonamides is 1. The molecule has 0 radical (unpaired) electrons. The number of likely N-dealkylation sites (N-methyl/N-ethyl adjacent to an activating group) is 1. The van der Waals surface area contributed by atoms with E-state index in [1.165, 1.54) is 4.31 Å². The van der Waals surface area contributed by atoms with Crippen LogP contribution in [0.25, 0.3) is 5.69 Å². The maximum absolute atomic E-state index is 12.9. The molecular formula is C23H28N4O3S. The van der Waals surface area contributed by atoms with Gasteiger partial charge in [-0.1, -0.05) is 30.3 Å². The van der Waals surface area contributed by atoms with Gasteiger partial charge in [0.1, 0.15) is 0 Å². The van der Waals surface area contributed by atoms with E-state index >= 15 is 0 Å². The molecule has 0 saturated carbocycles. The zero-order valence-corrected chi connectivity index (χ0v) is 18.8. The highest BCUT2D eigenvalue weighted by Gasteiger charge is 2.40. The Balaban J connectivity index is 1.49. The molecule has 0 unspecified atom stereocenters. The Kier molecular flexibility index (Phi) is 5.98. The summed E-state index contributed by atoms with van der Waals surface area (Å²) in [5.74, 6) is 0. The second kappa shape index (κ2) is 8.55. The molecule has 0 amide bonds. The smallest absolute Gasteiger partial charge is 0.243 e. The molecule has 0 spiro atoms. The Hall–Kier alpha value is -2.52. The van der Waals surface area contributed by atoms with Gasteiger partial charge in [-0.3, -0.25) is 4.90 Å². The quantitative estimate of drug-likeness (QED) is 0.637. The highest BCUT2D eigenvalue weighted by atomic mass is 32.2. The van der Waals surface area contributed by atoms with Gasteiger partial charge in [-0.25, -0.2) is 13.1 Å². The molecule has 164 valence electrons. The Morgan fingerprint density at radius 2 is 1.81 bits per heavy atom. The van der Waals surface area contributed by atoms with Crippen LogP contribution in [0.2, 0.25) is 0 Å². The molecule has 3 aromatic rings. The third kappa shape index (κ3) is 4.43. The third-order valence-electron chi connectivity index (χ3n) is 5.77. The molecule has 2 heterocycles. The number of aryl methyl sites for hydroxylation is 2. The molecule has 0 bridgehead atoms. The first-order valence-corrected chi connectivity index (χ1v) is 11.8. The number of hydrogen-bond acceptors (Lipinski definition) is 5. The maximum Gasteiger partial charge on any atom is 0.243 e. The highest BCUT2D eigenvalue weighted by Crippen LogP contribution is 2.25. The molecule has 1 aliphatic heterocycles. The zero-order valence-electron chi connectivity index (χ0n) is 18.0. The number of nitrogens with zero attached hydrogens (tertiary/aromatic N) is 4. The number of hydrogen-bond donors (Lipinski definition) is 1. The molecule has 1 saturated heterocycles. The maximum atomic E-state index is 12.9. The monoisotopic (exact) mass is 440 g/mol. The molecule has 0 aliphatic carbocycles. The van der Waals surface area contributed by atoms with E-state index in [1.807, 2.05) is 54.7 Å². The topological polar surface area (TPSA) is 78.7 Å². The fourth-order valence-corrected chi connectivity index (χ4v) is 5.69. The number of aliphatic hydroxyl groups excluding tert-OH is 1. The molecule has 1 aliphatic rings. The summed E-state index contributed by atoms with van der Waals surface area (Å²) in [6, 6.07) is 18.2. The van der Waals surface area contributed by atoms with Crippen molar-refractivity contribution in [1.82, 2.24) is 19.0 Å². The molecule has 7 nitrogen and oxygen atoms in total. The molecular weight excluding hydrogens is 412 g/mol. The van der Waals surface area contributed by atoms with Crippen molar-refractivity contribution in [3.8, 4) is 5.69 Å². The van der Waals surface area contributed by atoms with Gasteiger partial charge in [0.25, 0.3) is 0 Å². The third-order valence-corrected chi connectivity index (χ3v) is 7.62. The van der Waals surface area contributed by atoms with Gasteiger partial charge < -0.3 is 5.11 Å². The average Bonchev–Trinajstić information content (AvgIpc) is 3.31. The van der Waals surface area contributed by atoms with Crippen LogP contribution in [0.4, 0.5) is 0 Å². The Morgan fingerprint density at radius 3 is 2.48 bits per heavy atom. The molecule has 1 fully saturated rings. The van der Waals surface area contributed by atoms with Gasteiger partial charge >= 0.3 is 0 Å². The van der Waals surface area contributed by atoms with Crippen molar-refractivity contribution < 1.29 is 13.5 Å². The molecule has 31 heavy (non-hydrogen) atoms. The van der Waals surface area contributed by atoms with Crippen LogP contribution in [-0.4, -0.2) is 64.8 Å². The Bertz CT molecular complexity index is 1160. The lowest BCUT2D eigenvalue weighted by Crippen LogP contribution is -2.40. The minimum atomic E-state index is -3.62. The summed E-state index contributed by atoms with van der Waals surface area (Å²) < 4.78 is 29.1. The van der Waals surface area contributed by atoms with E-state index in [4.69, 9.17) is 0 Å². The Labute approximate surface area is 183 Å². The summed E-state index contributed by atoms with van der Waals surface area (Å²) in [6.07, 6.45) is -0.748. The molecule has 2 atom stereocenters. The largest absolute Gasteiger partial charge is 0.390 e. The highest BCUT2D eigenvalue weighted by molar-refractivity contribution is 7.89. The number of aromatic nitrogens is 2. The molecule has 4 rings (SSSR count). The standard InChI is InChI=1S/C23H28N4O3S/c1-17-12-18(2)27(24-17)20-9-7-8-19(13-20)14-25(3)22-15-26(16-23(22)28)31(29,30)21-10-5-4-6-11-21/h4-13,22-23,28H,14-16H2,1-3H3/t22-,23-/m1/s1. The first-order valence-electron chi connectivity index (χ1n) is 10.3.